The Morgan fingerprint density at radius 1 is 1.00 bits per heavy atom. The molecule has 0 aliphatic carbocycles. The van der Waals surface area contributed by atoms with Gasteiger partial charge in [0.1, 0.15) is 5.76 Å². The molecule has 0 bridgehead atoms. The van der Waals surface area contributed by atoms with Crippen molar-refractivity contribution in [2.45, 2.75) is 27.3 Å². The SMILES string of the molecule is Cc1ccc(C#N)cc1-c1cc(-c2c(C)noc2C)cc2[nH]c(NCc3ccccc3)nc12. The number of anilines is 1. The van der Waals surface area contributed by atoms with Gasteiger partial charge in [-0.25, -0.2) is 4.98 Å². The topological polar surface area (TPSA) is 90.5 Å². The minimum absolute atomic E-state index is 0.615. The molecule has 3 aromatic carbocycles. The molecular weight excluding hydrogens is 410 g/mol. The van der Waals surface area contributed by atoms with Crippen molar-refractivity contribution < 1.29 is 4.52 Å². The number of hydrogen-bond acceptors (Lipinski definition) is 5. The van der Waals surface area contributed by atoms with Gasteiger partial charge >= 0.3 is 0 Å². The van der Waals surface area contributed by atoms with Crippen LogP contribution in [-0.4, -0.2) is 15.1 Å². The van der Waals surface area contributed by atoms with E-state index < -0.39 is 0 Å². The normalized spacial score (nSPS) is 11.0. The van der Waals surface area contributed by atoms with Crippen LogP contribution < -0.4 is 5.32 Å². The maximum Gasteiger partial charge on any atom is 0.201 e. The zero-order chi connectivity index (χ0) is 22.9. The van der Waals surface area contributed by atoms with E-state index in [1.807, 2.05) is 57.2 Å². The first-order valence-corrected chi connectivity index (χ1v) is 10.8. The first kappa shape index (κ1) is 20.5. The van der Waals surface area contributed by atoms with E-state index in [-0.39, 0.29) is 0 Å². The lowest BCUT2D eigenvalue weighted by molar-refractivity contribution is 0.393. The third-order valence-electron chi connectivity index (χ3n) is 5.87. The van der Waals surface area contributed by atoms with Crippen LogP contribution in [-0.2, 0) is 6.54 Å². The number of aromatic nitrogens is 3. The minimum atomic E-state index is 0.615. The summed E-state index contributed by atoms with van der Waals surface area (Å²) in [6, 6.07) is 22.4. The van der Waals surface area contributed by atoms with Gasteiger partial charge in [-0.05, 0) is 67.3 Å². The number of benzene rings is 3. The Morgan fingerprint density at radius 3 is 2.55 bits per heavy atom. The Bertz CT molecular complexity index is 1490. The van der Waals surface area contributed by atoms with Gasteiger partial charge in [-0.1, -0.05) is 41.6 Å². The molecule has 0 atom stereocenters. The quantitative estimate of drug-likeness (QED) is 0.340. The molecular formula is C27H23N5O. The van der Waals surface area contributed by atoms with E-state index in [2.05, 4.69) is 45.8 Å². The number of fused-ring (bicyclic) bond motifs is 1. The van der Waals surface area contributed by atoms with Gasteiger partial charge in [0.2, 0.25) is 5.95 Å². The lowest BCUT2D eigenvalue weighted by Gasteiger charge is -2.10. The van der Waals surface area contributed by atoms with Crippen LogP contribution in [0.5, 0.6) is 0 Å². The van der Waals surface area contributed by atoms with Gasteiger partial charge in [0, 0.05) is 17.7 Å². The Kier molecular flexibility index (Phi) is 5.15. The summed E-state index contributed by atoms with van der Waals surface area (Å²) in [4.78, 5) is 8.31. The largest absolute Gasteiger partial charge is 0.361 e. The number of nitrogens with one attached hydrogen (secondary N) is 2. The molecule has 0 fully saturated rings. The highest BCUT2D eigenvalue weighted by Crippen LogP contribution is 2.37. The third-order valence-corrected chi connectivity index (χ3v) is 5.87. The molecule has 0 spiro atoms. The predicted molar refractivity (Wildman–Crippen MR) is 130 cm³/mol. The van der Waals surface area contributed by atoms with E-state index in [9.17, 15) is 5.26 Å². The number of nitrogens with zero attached hydrogens (tertiary/aromatic N) is 3. The van der Waals surface area contributed by atoms with Crippen LogP contribution in [0.25, 0.3) is 33.3 Å². The van der Waals surface area contributed by atoms with E-state index in [1.54, 1.807) is 0 Å². The Hall–Kier alpha value is -4.37. The average molecular weight is 434 g/mol. The van der Waals surface area contributed by atoms with Crippen LogP contribution in [0.1, 0.15) is 28.1 Å². The zero-order valence-electron chi connectivity index (χ0n) is 18.7. The van der Waals surface area contributed by atoms with Gasteiger partial charge in [-0.2, -0.15) is 5.26 Å². The van der Waals surface area contributed by atoms with E-state index in [1.165, 1.54) is 5.56 Å². The monoisotopic (exact) mass is 433 g/mol. The lowest BCUT2D eigenvalue weighted by Crippen LogP contribution is -2.00. The fourth-order valence-electron chi connectivity index (χ4n) is 4.21. The highest BCUT2D eigenvalue weighted by molar-refractivity contribution is 5.98. The van der Waals surface area contributed by atoms with Gasteiger partial charge in [0.05, 0.1) is 28.4 Å². The number of aromatic amines is 1. The van der Waals surface area contributed by atoms with Crippen molar-refractivity contribution in [2.75, 3.05) is 5.32 Å². The van der Waals surface area contributed by atoms with E-state index in [4.69, 9.17) is 9.51 Å². The van der Waals surface area contributed by atoms with Crippen molar-refractivity contribution in [3.05, 3.63) is 88.8 Å². The number of hydrogen-bond donors (Lipinski definition) is 2. The van der Waals surface area contributed by atoms with Gasteiger partial charge in [-0.3, -0.25) is 0 Å². The molecule has 0 saturated heterocycles. The van der Waals surface area contributed by atoms with Crippen LogP contribution in [0.3, 0.4) is 0 Å². The van der Waals surface area contributed by atoms with Crippen molar-refractivity contribution in [1.29, 1.82) is 5.26 Å². The molecule has 0 unspecified atom stereocenters. The fraction of sp³-hybridized carbons (Fsp3) is 0.148. The molecule has 2 aromatic heterocycles. The second-order valence-electron chi connectivity index (χ2n) is 8.19. The lowest BCUT2D eigenvalue weighted by atomic mass is 9.93. The third kappa shape index (κ3) is 3.85. The number of nitriles is 1. The highest BCUT2D eigenvalue weighted by Gasteiger charge is 2.18. The van der Waals surface area contributed by atoms with Crippen molar-refractivity contribution in [2.24, 2.45) is 0 Å². The molecule has 162 valence electrons. The molecule has 0 saturated carbocycles. The van der Waals surface area contributed by atoms with E-state index >= 15 is 0 Å². The van der Waals surface area contributed by atoms with E-state index in [0.29, 0.717) is 18.1 Å². The molecule has 6 heteroatoms. The maximum absolute atomic E-state index is 9.47. The van der Waals surface area contributed by atoms with Gasteiger partial charge < -0.3 is 14.8 Å². The molecule has 5 aromatic rings. The number of rotatable bonds is 5. The molecule has 2 N–H and O–H groups in total. The first-order chi connectivity index (χ1) is 16.0. The summed E-state index contributed by atoms with van der Waals surface area (Å²) in [5.74, 6) is 1.46. The fourth-order valence-corrected chi connectivity index (χ4v) is 4.21. The van der Waals surface area contributed by atoms with Crippen molar-refractivity contribution in [3.63, 3.8) is 0 Å². The standard InChI is InChI=1S/C27H23N5O/c1-16-9-10-20(14-28)11-22(16)23-12-21(25-17(2)32-33-18(25)3)13-24-26(23)31-27(30-24)29-15-19-7-5-4-6-8-19/h4-13H,15H2,1-3H3,(H2,29,30,31). The van der Waals surface area contributed by atoms with E-state index in [0.717, 1.165) is 50.3 Å². The molecule has 5 rings (SSSR count). The molecule has 2 heterocycles. The Labute approximate surface area is 191 Å². The smallest absolute Gasteiger partial charge is 0.201 e. The summed E-state index contributed by atoms with van der Waals surface area (Å²) in [6.45, 7) is 6.57. The van der Waals surface area contributed by atoms with Crippen LogP contribution in [0.15, 0.2) is 65.2 Å². The molecule has 0 amide bonds. The molecule has 6 nitrogen and oxygen atoms in total. The summed E-state index contributed by atoms with van der Waals surface area (Å²) in [5, 5.41) is 17.0. The Balaban J connectivity index is 1.68. The van der Waals surface area contributed by atoms with Crippen LogP contribution in [0, 0.1) is 32.1 Å². The average Bonchev–Trinajstić information content (AvgIpc) is 3.40. The summed E-state index contributed by atoms with van der Waals surface area (Å²) < 4.78 is 5.43. The van der Waals surface area contributed by atoms with Crippen LogP contribution in [0.2, 0.25) is 0 Å². The maximum atomic E-state index is 9.47. The minimum Gasteiger partial charge on any atom is -0.361 e. The van der Waals surface area contributed by atoms with Crippen LogP contribution >= 0.6 is 0 Å². The summed E-state index contributed by atoms with van der Waals surface area (Å²) in [5.41, 5.74) is 9.36. The van der Waals surface area contributed by atoms with Crippen molar-refractivity contribution in [1.82, 2.24) is 15.1 Å². The zero-order valence-corrected chi connectivity index (χ0v) is 18.7. The van der Waals surface area contributed by atoms with Crippen LogP contribution in [0.4, 0.5) is 5.95 Å². The predicted octanol–water partition coefficient (Wildman–Crippen LogP) is 6.29. The second-order valence-corrected chi connectivity index (χ2v) is 8.19. The van der Waals surface area contributed by atoms with Gasteiger partial charge in [0.25, 0.3) is 0 Å². The van der Waals surface area contributed by atoms with Gasteiger partial charge in [-0.15, -0.1) is 0 Å². The molecule has 33 heavy (non-hydrogen) atoms. The number of imidazole rings is 1. The Morgan fingerprint density at radius 2 is 1.82 bits per heavy atom. The summed E-state index contributed by atoms with van der Waals surface area (Å²) in [6.07, 6.45) is 0. The molecule has 0 aliphatic heterocycles. The van der Waals surface area contributed by atoms with Gasteiger partial charge in [0.15, 0.2) is 0 Å². The number of H-pyrrole nitrogens is 1. The molecule has 0 aliphatic rings. The summed E-state index contributed by atoms with van der Waals surface area (Å²) in [7, 11) is 0. The second kappa shape index (κ2) is 8.29. The first-order valence-electron chi connectivity index (χ1n) is 10.8. The molecule has 0 radical (unpaired) electrons. The van der Waals surface area contributed by atoms with Crippen molar-refractivity contribution in [3.8, 4) is 28.3 Å². The highest BCUT2D eigenvalue weighted by atomic mass is 16.5. The summed E-state index contributed by atoms with van der Waals surface area (Å²) >= 11 is 0. The van der Waals surface area contributed by atoms with Crippen molar-refractivity contribution >= 4 is 17.0 Å². The number of aryl methyl sites for hydroxylation is 3.